The fraction of sp³-hybridized carbons (Fsp3) is 0.333. The van der Waals surface area contributed by atoms with E-state index in [0.29, 0.717) is 0 Å². The molecule has 1 heterocycles. The van der Waals surface area contributed by atoms with Crippen LogP contribution >= 0.6 is 15.9 Å². The van der Waals surface area contributed by atoms with Crippen LogP contribution in [0.5, 0.6) is 0 Å². The van der Waals surface area contributed by atoms with E-state index in [1.165, 1.54) is 4.68 Å². The molecule has 0 fully saturated rings. The molecule has 2 aromatic rings. The van der Waals surface area contributed by atoms with Gasteiger partial charge in [0, 0.05) is 21.5 Å². The van der Waals surface area contributed by atoms with Crippen molar-refractivity contribution in [3.8, 4) is 0 Å². The van der Waals surface area contributed by atoms with Crippen LogP contribution in [0.15, 0.2) is 34.8 Å². The first-order chi connectivity index (χ1) is 10.4. The second-order valence-electron chi connectivity index (χ2n) is 5.20. The molecule has 1 atom stereocenters. The molecule has 6 nitrogen and oxygen atoms in total. The average Bonchev–Trinajstić information content (AvgIpc) is 2.77. The van der Waals surface area contributed by atoms with Gasteiger partial charge in [-0.1, -0.05) is 28.1 Å². The predicted octanol–water partition coefficient (Wildman–Crippen LogP) is 3.35. The molecule has 0 saturated heterocycles. The summed E-state index contributed by atoms with van der Waals surface area (Å²) in [5, 5.41) is 15.0. The zero-order chi connectivity index (χ0) is 16.3. The Hall–Kier alpha value is -2.02. The Bertz CT molecular complexity index is 695. The van der Waals surface area contributed by atoms with Crippen LogP contribution in [0.25, 0.3) is 0 Å². The third kappa shape index (κ3) is 4.00. The number of hydrogen-bond acceptors (Lipinski definition) is 4. The minimum atomic E-state index is -0.473. The van der Waals surface area contributed by atoms with Crippen molar-refractivity contribution >= 4 is 21.8 Å². The van der Waals surface area contributed by atoms with E-state index in [2.05, 4.69) is 21.0 Å². The van der Waals surface area contributed by atoms with Gasteiger partial charge < -0.3 is 0 Å². The Morgan fingerprint density at radius 3 is 2.50 bits per heavy atom. The summed E-state index contributed by atoms with van der Waals surface area (Å²) in [5.41, 5.74) is 2.26. The van der Waals surface area contributed by atoms with Crippen molar-refractivity contribution in [2.75, 3.05) is 6.54 Å². The first kappa shape index (κ1) is 16.4. The summed E-state index contributed by atoms with van der Waals surface area (Å²) in [5.74, 6) is -0.708. The summed E-state index contributed by atoms with van der Waals surface area (Å²) < 4.78 is 2.21. The summed E-state index contributed by atoms with van der Waals surface area (Å²) in [4.78, 5) is 22.9. The van der Waals surface area contributed by atoms with E-state index in [4.69, 9.17) is 0 Å². The Labute approximate surface area is 136 Å². The molecule has 1 unspecified atom stereocenters. The number of carbonyl (C=O) groups excluding carboxylic acids is 1. The van der Waals surface area contributed by atoms with Crippen LogP contribution in [0, 0.1) is 24.0 Å². The van der Waals surface area contributed by atoms with Gasteiger partial charge >= 0.3 is 0 Å². The molecular weight excluding hydrogens is 350 g/mol. The summed E-state index contributed by atoms with van der Waals surface area (Å²) in [6.45, 7) is 3.31. The number of benzene rings is 1. The number of aryl methyl sites for hydroxylation is 2. The molecule has 0 amide bonds. The van der Waals surface area contributed by atoms with Crippen molar-refractivity contribution < 1.29 is 9.72 Å². The van der Waals surface area contributed by atoms with Crippen molar-refractivity contribution in [3.63, 3.8) is 0 Å². The molecule has 1 aromatic heterocycles. The van der Waals surface area contributed by atoms with Gasteiger partial charge in [0.25, 0.3) is 0 Å². The standard InChI is InChI=1S/C15H16BrN3O3/c1-10-7-11(2)19(17-10)15(20)8-13(9-18(21)22)12-3-5-14(16)6-4-12/h3-7,13H,8-9H2,1-2H3. The van der Waals surface area contributed by atoms with Gasteiger partial charge in [-0.2, -0.15) is 5.10 Å². The first-order valence-electron chi connectivity index (χ1n) is 6.80. The smallest absolute Gasteiger partial charge is 0.247 e. The number of hydrogen-bond donors (Lipinski definition) is 0. The Morgan fingerprint density at radius 2 is 2.00 bits per heavy atom. The van der Waals surface area contributed by atoms with Crippen molar-refractivity contribution in [3.05, 3.63) is 61.9 Å². The second kappa shape index (κ2) is 6.83. The fourth-order valence-corrected chi connectivity index (χ4v) is 2.65. The molecule has 0 saturated carbocycles. The third-order valence-electron chi connectivity index (χ3n) is 3.38. The van der Waals surface area contributed by atoms with Crippen molar-refractivity contribution in [1.29, 1.82) is 0 Å². The monoisotopic (exact) mass is 365 g/mol. The van der Waals surface area contributed by atoms with Gasteiger partial charge in [0.1, 0.15) is 0 Å². The van der Waals surface area contributed by atoms with E-state index in [0.717, 1.165) is 21.4 Å². The highest BCUT2D eigenvalue weighted by Gasteiger charge is 2.23. The maximum absolute atomic E-state index is 12.4. The number of nitro groups is 1. The topological polar surface area (TPSA) is 78.0 Å². The number of aromatic nitrogens is 2. The second-order valence-corrected chi connectivity index (χ2v) is 6.12. The van der Waals surface area contributed by atoms with Gasteiger partial charge in [0.05, 0.1) is 11.6 Å². The number of nitrogens with zero attached hydrogens (tertiary/aromatic N) is 3. The van der Waals surface area contributed by atoms with E-state index >= 15 is 0 Å². The molecule has 116 valence electrons. The average molecular weight is 366 g/mol. The summed E-state index contributed by atoms with van der Waals surface area (Å²) >= 11 is 3.33. The van der Waals surface area contributed by atoms with Crippen LogP contribution in [0.1, 0.15) is 34.1 Å². The van der Waals surface area contributed by atoms with E-state index < -0.39 is 5.92 Å². The summed E-state index contributed by atoms with van der Waals surface area (Å²) in [6.07, 6.45) is 0.0462. The SMILES string of the molecule is Cc1cc(C)n(C(=O)CC(C[N+](=O)[O-])c2ccc(Br)cc2)n1. The molecule has 0 aliphatic carbocycles. The van der Waals surface area contributed by atoms with Gasteiger partial charge in [0.15, 0.2) is 0 Å². The predicted molar refractivity (Wildman–Crippen MR) is 85.7 cm³/mol. The lowest BCUT2D eigenvalue weighted by atomic mass is 9.95. The number of rotatable bonds is 5. The molecule has 7 heteroatoms. The summed E-state index contributed by atoms with van der Waals surface area (Å²) in [7, 11) is 0. The van der Waals surface area contributed by atoms with Crippen LogP contribution in [-0.4, -0.2) is 27.2 Å². The largest absolute Gasteiger partial charge is 0.273 e. The quantitative estimate of drug-likeness (QED) is 0.601. The van der Waals surface area contributed by atoms with Gasteiger partial charge in [-0.25, -0.2) is 4.68 Å². The van der Waals surface area contributed by atoms with Crippen LogP contribution in [0.4, 0.5) is 0 Å². The Balaban J connectivity index is 2.23. The molecule has 0 aliphatic heterocycles. The maximum atomic E-state index is 12.4. The molecule has 0 radical (unpaired) electrons. The lowest BCUT2D eigenvalue weighted by molar-refractivity contribution is -0.483. The molecule has 1 aromatic carbocycles. The lowest BCUT2D eigenvalue weighted by Gasteiger charge is -2.13. The van der Waals surface area contributed by atoms with Gasteiger partial charge in [-0.3, -0.25) is 14.9 Å². The molecule has 22 heavy (non-hydrogen) atoms. The molecule has 0 bridgehead atoms. The Kier molecular flexibility index (Phi) is 5.07. The normalized spacial score (nSPS) is 12.1. The highest BCUT2D eigenvalue weighted by molar-refractivity contribution is 9.10. The zero-order valence-corrected chi connectivity index (χ0v) is 13.9. The number of carbonyl (C=O) groups is 1. The van der Waals surface area contributed by atoms with Gasteiger partial charge in [0.2, 0.25) is 12.5 Å². The van der Waals surface area contributed by atoms with Crippen LogP contribution < -0.4 is 0 Å². The Morgan fingerprint density at radius 1 is 1.36 bits per heavy atom. The molecule has 0 N–H and O–H groups in total. The van der Waals surface area contributed by atoms with Crippen molar-refractivity contribution in [1.82, 2.24) is 9.78 Å². The zero-order valence-electron chi connectivity index (χ0n) is 12.3. The molecule has 0 aliphatic rings. The fourth-order valence-electron chi connectivity index (χ4n) is 2.38. The minimum Gasteiger partial charge on any atom is -0.273 e. The molecule has 2 rings (SSSR count). The summed E-state index contributed by atoms with van der Waals surface area (Å²) in [6, 6.07) is 9.03. The molecule has 0 spiro atoms. The lowest BCUT2D eigenvalue weighted by Crippen LogP contribution is -2.21. The first-order valence-corrected chi connectivity index (χ1v) is 7.60. The molecular formula is C15H16BrN3O3. The van der Waals surface area contributed by atoms with E-state index in [-0.39, 0.29) is 23.8 Å². The van der Waals surface area contributed by atoms with E-state index in [1.54, 1.807) is 32.0 Å². The number of halogens is 1. The van der Waals surface area contributed by atoms with Crippen molar-refractivity contribution in [2.24, 2.45) is 0 Å². The van der Waals surface area contributed by atoms with E-state index in [1.807, 2.05) is 12.1 Å². The van der Waals surface area contributed by atoms with Gasteiger partial charge in [-0.15, -0.1) is 0 Å². The van der Waals surface area contributed by atoms with Crippen LogP contribution in [0.3, 0.4) is 0 Å². The van der Waals surface area contributed by atoms with Crippen LogP contribution in [-0.2, 0) is 0 Å². The van der Waals surface area contributed by atoms with E-state index in [9.17, 15) is 14.9 Å². The minimum absolute atomic E-state index is 0.0462. The van der Waals surface area contributed by atoms with Gasteiger partial charge in [-0.05, 0) is 37.6 Å². The van der Waals surface area contributed by atoms with Crippen molar-refractivity contribution in [2.45, 2.75) is 26.2 Å². The highest BCUT2D eigenvalue weighted by atomic mass is 79.9. The maximum Gasteiger partial charge on any atom is 0.247 e. The third-order valence-corrected chi connectivity index (χ3v) is 3.91. The van der Waals surface area contributed by atoms with Crippen LogP contribution in [0.2, 0.25) is 0 Å². The highest BCUT2D eigenvalue weighted by Crippen LogP contribution is 2.23.